The van der Waals surface area contributed by atoms with Gasteiger partial charge in [-0.1, -0.05) is 164 Å². The first-order valence-electron chi connectivity index (χ1n) is 21.3. The molecule has 0 N–H and O–H groups in total. The van der Waals surface area contributed by atoms with Crippen molar-refractivity contribution in [2.75, 3.05) is 4.90 Å². The Hall–Kier alpha value is -8.14. The van der Waals surface area contributed by atoms with Gasteiger partial charge >= 0.3 is 0 Å². The van der Waals surface area contributed by atoms with Gasteiger partial charge in [0.1, 0.15) is 11.2 Å². The Morgan fingerprint density at radius 1 is 0.371 bits per heavy atom. The third-order valence-electron chi connectivity index (χ3n) is 13.2. The summed E-state index contributed by atoms with van der Waals surface area (Å²) in [6, 6.07) is 84.3. The first-order chi connectivity index (χ1) is 30.8. The second kappa shape index (κ2) is 13.4. The number of para-hydroxylation sites is 3. The minimum Gasteiger partial charge on any atom is -0.456 e. The van der Waals surface area contributed by atoms with Crippen LogP contribution in [0, 0.1) is 0 Å². The molecule has 0 saturated carbocycles. The first kappa shape index (κ1) is 34.7. The molecule has 1 aliphatic carbocycles. The van der Waals surface area contributed by atoms with E-state index in [1.54, 1.807) is 0 Å². The molecule has 62 heavy (non-hydrogen) atoms. The predicted molar refractivity (Wildman–Crippen MR) is 258 cm³/mol. The molecule has 0 spiro atoms. The fraction of sp³-hybridized carbons (Fsp3) is 0.0169. The lowest BCUT2D eigenvalue weighted by atomic mass is 9.66. The molecule has 290 valence electrons. The molecule has 10 aromatic carbocycles. The molecule has 0 unspecified atom stereocenters. The van der Waals surface area contributed by atoms with E-state index in [1.807, 2.05) is 6.07 Å². The molecule has 3 nitrogen and oxygen atoms in total. The maximum absolute atomic E-state index is 6.39. The summed E-state index contributed by atoms with van der Waals surface area (Å²) in [6.07, 6.45) is 0. The van der Waals surface area contributed by atoms with Crippen molar-refractivity contribution in [2.45, 2.75) is 5.41 Å². The highest BCUT2D eigenvalue weighted by Crippen LogP contribution is 2.59. The second-order valence-corrected chi connectivity index (χ2v) is 16.4. The van der Waals surface area contributed by atoms with Crippen molar-refractivity contribution in [1.82, 2.24) is 4.57 Å². The fourth-order valence-electron chi connectivity index (χ4n) is 10.6. The van der Waals surface area contributed by atoms with E-state index >= 15 is 0 Å². The summed E-state index contributed by atoms with van der Waals surface area (Å²) in [5.41, 5.74) is 15.4. The van der Waals surface area contributed by atoms with E-state index in [1.165, 1.54) is 60.4 Å². The molecule has 12 aromatic rings. The van der Waals surface area contributed by atoms with E-state index in [0.29, 0.717) is 0 Å². The molecule has 13 rings (SSSR count). The van der Waals surface area contributed by atoms with Crippen molar-refractivity contribution < 1.29 is 4.42 Å². The molecule has 0 atom stereocenters. The highest BCUT2D eigenvalue weighted by Gasteiger charge is 2.47. The molecule has 1 aliphatic rings. The summed E-state index contributed by atoms with van der Waals surface area (Å²) < 4.78 is 8.79. The van der Waals surface area contributed by atoms with Crippen molar-refractivity contribution >= 4 is 71.6 Å². The van der Waals surface area contributed by atoms with Crippen molar-refractivity contribution in [3.63, 3.8) is 0 Å². The van der Waals surface area contributed by atoms with Gasteiger partial charge in [-0.2, -0.15) is 0 Å². The molecule has 0 bridgehead atoms. The summed E-state index contributed by atoms with van der Waals surface area (Å²) in [5.74, 6) is 0. The zero-order valence-electron chi connectivity index (χ0n) is 33.7. The maximum Gasteiger partial charge on any atom is 0.135 e. The van der Waals surface area contributed by atoms with Crippen molar-refractivity contribution in [3.05, 3.63) is 253 Å². The van der Waals surface area contributed by atoms with Crippen LogP contribution in [0.5, 0.6) is 0 Å². The van der Waals surface area contributed by atoms with Crippen LogP contribution >= 0.6 is 0 Å². The van der Waals surface area contributed by atoms with E-state index in [0.717, 1.165) is 50.2 Å². The van der Waals surface area contributed by atoms with Crippen molar-refractivity contribution in [1.29, 1.82) is 0 Å². The van der Waals surface area contributed by atoms with Crippen LogP contribution in [-0.2, 0) is 5.41 Å². The number of hydrogen-bond donors (Lipinski definition) is 0. The topological polar surface area (TPSA) is 21.3 Å². The molecule has 0 radical (unpaired) electrons. The van der Waals surface area contributed by atoms with E-state index in [9.17, 15) is 0 Å². The van der Waals surface area contributed by atoms with Crippen LogP contribution in [0.1, 0.15) is 22.3 Å². The lowest BCUT2D eigenvalue weighted by molar-refractivity contribution is 0.669. The average Bonchev–Trinajstić information content (AvgIpc) is 3.98. The minimum atomic E-state index is -0.593. The van der Waals surface area contributed by atoms with Gasteiger partial charge in [0.25, 0.3) is 0 Å². The molecule has 3 heteroatoms. The average molecular weight is 791 g/mol. The maximum atomic E-state index is 6.39. The van der Waals surface area contributed by atoms with Crippen LogP contribution in [-0.4, -0.2) is 4.57 Å². The number of rotatable bonds is 6. The molecule has 0 amide bonds. The Labute approximate surface area is 359 Å². The Kier molecular flexibility index (Phi) is 7.52. The Balaban J connectivity index is 1.12. The monoisotopic (exact) mass is 790 g/mol. The lowest BCUT2D eigenvalue weighted by Gasteiger charge is -2.35. The van der Waals surface area contributed by atoms with Gasteiger partial charge in [0.05, 0.1) is 16.4 Å². The summed E-state index contributed by atoms with van der Waals surface area (Å²) in [6.45, 7) is 0. The Bertz CT molecular complexity index is 3660. The minimum absolute atomic E-state index is 0.593. The van der Waals surface area contributed by atoms with Crippen LogP contribution in [0.2, 0.25) is 0 Å². The van der Waals surface area contributed by atoms with Crippen molar-refractivity contribution in [2.24, 2.45) is 0 Å². The number of anilines is 3. The molecular weight excluding hydrogens is 753 g/mol. The largest absolute Gasteiger partial charge is 0.456 e. The van der Waals surface area contributed by atoms with Crippen LogP contribution in [0.3, 0.4) is 0 Å². The van der Waals surface area contributed by atoms with E-state index < -0.39 is 5.41 Å². The van der Waals surface area contributed by atoms with Crippen LogP contribution in [0.15, 0.2) is 235 Å². The number of furan rings is 1. The summed E-state index contributed by atoms with van der Waals surface area (Å²) in [5, 5.41) is 7.14. The number of benzene rings is 10. The van der Waals surface area contributed by atoms with Crippen LogP contribution < -0.4 is 4.90 Å². The summed E-state index contributed by atoms with van der Waals surface area (Å²) in [7, 11) is 0. The normalized spacial score (nSPS) is 13.0. The van der Waals surface area contributed by atoms with Gasteiger partial charge < -0.3 is 13.9 Å². The Morgan fingerprint density at radius 3 is 1.73 bits per heavy atom. The van der Waals surface area contributed by atoms with E-state index in [-0.39, 0.29) is 0 Å². The van der Waals surface area contributed by atoms with E-state index in [2.05, 4.69) is 234 Å². The van der Waals surface area contributed by atoms with Gasteiger partial charge in [0, 0.05) is 44.3 Å². The second-order valence-electron chi connectivity index (χ2n) is 16.4. The number of aromatic nitrogens is 1. The lowest BCUT2D eigenvalue weighted by Crippen LogP contribution is -2.29. The highest BCUT2D eigenvalue weighted by molar-refractivity contribution is 6.11. The van der Waals surface area contributed by atoms with E-state index in [4.69, 9.17) is 4.42 Å². The molecule has 0 saturated heterocycles. The van der Waals surface area contributed by atoms with Crippen LogP contribution in [0.25, 0.3) is 71.3 Å². The fourth-order valence-corrected chi connectivity index (χ4v) is 10.6. The standard InChI is InChI=1S/C59H38N2O/c1-4-17-40(18-5-1)59(41-19-6-2-7-20-41)53-37-44(29-33-47(53)51-32-28-39-16-10-11-23-46(39)58(51)59)60(43-31-35-57-52(36-43)50-25-13-15-27-56(50)62-57)45-30-34-49-48-24-12-14-26-54(48)61(55(49)38-45)42-21-8-3-9-22-42/h1-38H. The smallest absolute Gasteiger partial charge is 0.135 e. The highest BCUT2D eigenvalue weighted by atomic mass is 16.3. The zero-order valence-corrected chi connectivity index (χ0v) is 33.7. The van der Waals surface area contributed by atoms with Gasteiger partial charge in [-0.25, -0.2) is 0 Å². The van der Waals surface area contributed by atoms with Gasteiger partial charge in [-0.15, -0.1) is 0 Å². The SMILES string of the molecule is c1ccc(-n2c3ccccc3c3ccc(N(c4ccc5c(c4)C(c4ccccc4)(c4ccccc4)c4c-5ccc5ccccc45)c4ccc5oc6ccccc6c5c4)cc32)cc1. The molecule has 0 aliphatic heterocycles. The van der Waals surface area contributed by atoms with Gasteiger partial charge in [0.2, 0.25) is 0 Å². The predicted octanol–water partition coefficient (Wildman–Crippen LogP) is 15.7. The van der Waals surface area contributed by atoms with Gasteiger partial charge in [0.15, 0.2) is 0 Å². The number of fused-ring (bicyclic) bond motifs is 11. The molecular formula is C59H38N2O. The summed E-state index contributed by atoms with van der Waals surface area (Å²) in [4.78, 5) is 2.44. The quantitative estimate of drug-likeness (QED) is 0.167. The summed E-state index contributed by atoms with van der Waals surface area (Å²) >= 11 is 0. The van der Waals surface area contributed by atoms with Gasteiger partial charge in [-0.05, 0) is 111 Å². The van der Waals surface area contributed by atoms with Gasteiger partial charge in [-0.3, -0.25) is 0 Å². The van der Waals surface area contributed by atoms with Crippen molar-refractivity contribution in [3.8, 4) is 16.8 Å². The molecule has 2 heterocycles. The molecule has 2 aromatic heterocycles. The third kappa shape index (κ3) is 4.94. The molecule has 0 fully saturated rings. The Morgan fingerprint density at radius 2 is 0.935 bits per heavy atom. The first-order valence-corrected chi connectivity index (χ1v) is 21.3. The third-order valence-corrected chi connectivity index (χ3v) is 13.2. The number of nitrogens with zero attached hydrogens (tertiary/aromatic N) is 2. The van der Waals surface area contributed by atoms with Crippen LogP contribution in [0.4, 0.5) is 17.1 Å². The number of hydrogen-bond acceptors (Lipinski definition) is 2. The zero-order chi connectivity index (χ0) is 40.8.